The molecular formula is C26H32N2O5. The number of esters is 1. The van der Waals surface area contributed by atoms with Crippen molar-refractivity contribution in [1.29, 1.82) is 0 Å². The van der Waals surface area contributed by atoms with E-state index in [0.717, 1.165) is 17.5 Å². The molecule has 7 nitrogen and oxygen atoms in total. The Hall–Kier alpha value is -3.35. The fraction of sp³-hybridized carbons (Fsp3) is 0.423. The molecule has 1 heterocycles. The number of hydrogen-bond donors (Lipinski definition) is 1. The molecule has 0 fully saturated rings. The number of nitrogens with one attached hydrogen (secondary N) is 1. The first-order valence-electron chi connectivity index (χ1n) is 11.5. The van der Waals surface area contributed by atoms with Crippen molar-refractivity contribution in [2.45, 2.75) is 59.2 Å². The van der Waals surface area contributed by atoms with Gasteiger partial charge in [0.15, 0.2) is 0 Å². The lowest BCUT2D eigenvalue weighted by atomic mass is 10.00. The number of carbonyl (C=O) groups is 3. The average molecular weight is 453 g/mol. The van der Waals surface area contributed by atoms with Crippen LogP contribution in [-0.2, 0) is 16.1 Å². The van der Waals surface area contributed by atoms with Gasteiger partial charge in [-0.2, -0.15) is 0 Å². The van der Waals surface area contributed by atoms with E-state index in [9.17, 15) is 14.4 Å². The first kappa shape index (κ1) is 24.3. The molecule has 3 rings (SSSR count). The van der Waals surface area contributed by atoms with Gasteiger partial charge in [0.05, 0.1) is 36.3 Å². The molecule has 2 aromatic rings. The van der Waals surface area contributed by atoms with Crippen LogP contribution in [0.25, 0.3) is 0 Å². The normalized spacial score (nSPS) is 13.6. The SMILES string of the molecule is CCCN1Cc2cccc(C(=O)N[C@@H](CC(=O)OCC)c3ccc(OC(C)C)cc3)c2C1=O. The Kier molecular flexibility index (Phi) is 8.09. The largest absolute Gasteiger partial charge is 0.491 e. The minimum absolute atomic E-state index is 0.0190. The highest BCUT2D eigenvalue weighted by molar-refractivity contribution is 6.09. The summed E-state index contributed by atoms with van der Waals surface area (Å²) in [6, 6.07) is 12.0. The number of amides is 2. The van der Waals surface area contributed by atoms with Crippen LogP contribution >= 0.6 is 0 Å². The maximum Gasteiger partial charge on any atom is 0.308 e. The first-order chi connectivity index (χ1) is 15.8. The second kappa shape index (κ2) is 11.0. The highest BCUT2D eigenvalue weighted by atomic mass is 16.5. The quantitative estimate of drug-likeness (QED) is 0.545. The molecule has 0 saturated carbocycles. The molecule has 0 radical (unpaired) electrons. The van der Waals surface area contributed by atoms with Crippen molar-refractivity contribution in [1.82, 2.24) is 10.2 Å². The van der Waals surface area contributed by atoms with Crippen molar-refractivity contribution in [2.75, 3.05) is 13.2 Å². The molecular weight excluding hydrogens is 420 g/mol. The standard InChI is InChI=1S/C26H32N2O5/c1-5-14-28-16-19-8-7-9-21(24(19)26(28)31)25(30)27-22(15-23(29)32-6-2)18-10-12-20(13-11-18)33-17(3)4/h7-13,17,22H,5-6,14-16H2,1-4H3,(H,27,30)/t22-/m0/s1. The monoisotopic (exact) mass is 452 g/mol. The van der Waals surface area contributed by atoms with E-state index in [1.807, 2.05) is 51.1 Å². The number of hydrogen-bond acceptors (Lipinski definition) is 5. The Morgan fingerprint density at radius 1 is 1.09 bits per heavy atom. The Bertz CT molecular complexity index is 1000. The van der Waals surface area contributed by atoms with Crippen LogP contribution in [0.2, 0.25) is 0 Å². The molecule has 1 aliphatic heterocycles. The molecule has 2 amide bonds. The van der Waals surface area contributed by atoms with Crippen molar-refractivity contribution >= 4 is 17.8 Å². The molecule has 1 N–H and O–H groups in total. The summed E-state index contributed by atoms with van der Waals surface area (Å²) in [6.45, 7) is 9.05. The predicted molar refractivity (Wildman–Crippen MR) is 125 cm³/mol. The van der Waals surface area contributed by atoms with Crippen LogP contribution in [0.4, 0.5) is 0 Å². The molecule has 2 aromatic carbocycles. The minimum atomic E-state index is -0.608. The second-order valence-corrected chi connectivity index (χ2v) is 8.34. The summed E-state index contributed by atoms with van der Waals surface area (Å²) in [6.07, 6.45) is 0.866. The Labute approximate surface area is 195 Å². The third-order valence-corrected chi connectivity index (χ3v) is 5.39. The fourth-order valence-corrected chi connectivity index (χ4v) is 3.99. The zero-order chi connectivity index (χ0) is 24.0. The molecule has 0 unspecified atom stereocenters. The number of rotatable bonds is 10. The summed E-state index contributed by atoms with van der Waals surface area (Å²) in [5.41, 5.74) is 2.36. The number of ether oxygens (including phenoxy) is 2. The number of benzene rings is 2. The first-order valence-corrected chi connectivity index (χ1v) is 11.5. The Balaban J connectivity index is 1.85. The second-order valence-electron chi connectivity index (χ2n) is 8.34. The van der Waals surface area contributed by atoms with Gasteiger partial charge in [-0.3, -0.25) is 14.4 Å². The van der Waals surface area contributed by atoms with Gasteiger partial charge < -0.3 is 19.7 Å². The van der Waals surface area contributed by atoms with Crippen molar-refractivity contribution < 1.29 is 23.9 Å². The summed E-state index contributed by atoms with van der Waals surface area (Å²) in [5.74, 6) is -0.226. The summed E-state index contributed by atoms with van der Waals surface area (Å²) >= 11 is 0. The van der Waals surface area contributed by atoms with Gasteiger partial charge >= 0.3 is 5.97 Å². The highest BCUT2D eigenvalue weighted by Gasteiger charge is 2.32. The van der Waals surface area contributed by atoms with Crippen LogP contribution in [0.1, 0.15) is 78.4 Å². The van der Waals surface area contributed by atoms with Crippen molar-refractivity contribution in [3.63, 3.8) is 0 Å². The summed E-state index contributed by atoms with van der Waals surface area (Å²) < 4.78 is 10.8. The van der Waals surface area contributed by atoms with Crippen LogP contribution in [-0.4, -0.2) is 41.9 Å². The van der Waals surface area contributed by atoms with Crippen LogP contribution in [0.5, 0.6) is 5.75 Å². The molecule has 0 aromatic heterocycles. The lowest BCUT2D eigenvalue weighted by Crippen LogP contribution is -2.32. The van der Waals surface area contributed by atoms with Crippen LogP contribution < -0.4 is 10.1 Å². The molecule has 1 atom stereocenters. The summed E-state index contributed by atoms with van der Waals surface area (Å²) in [5, 5.41) is 2.94. The molecule has 33 heavy (non-hydrogen) atoms. The van der Waals surface area contributed by atoms with Crippen LogP contribution in [0, 0.1) is 0 Å². The van der Waals surface area contributed by atoms with E-state index in [4.69, 9.17) is 9.47 Å². The van der Waals surface area contributed by atoms with Gasteiger partial charge in [-0.15, -0.1) is 0 Å². The van der Waals surface area contributed by atoms with Gasteiger partial charge in [0.2, 0.25) is 0 Å². The Morgan fingerprint density at radius 2 is 1.82 bits per heavy atom. The lowest BCUT2D eigenvalue weighted by Gasteiger charge is -2.20. The predicted octanol–water partition coefficient (Wildman–Crippen LogP) is 4.26. The third kappa shape index (κ3) is 5.92. The number of nitrogens with zero attached hydrogens (tertiary/aromatic N) is 1. The minimum Gasteiger partial charge on any atom is -0.491 e. The van der Waals surface area contributed by atoms with Gasteiger partial charge in [0.25, 0.3) is 11.8 Å². The molecule has 0 bridgehead atoms. The maximum atomic E-state index is 13.3. The average Bonchev–Trinajstić information content (AvgIpc) is 3.09. The van der Waals surface area contributed by atoms with E-state index in [-0.39, 0.29) is 25.0 Å². The maximum absolute atomic E-state index is 13.3. The van der Waals surface area contributed by atoms with Crippen molar-refractivity contribution in [3.05, 3.63) is 64.7 Å². The Morgan fingerprint density at radius 3 is 2.45 bits per heavy atom. The van der Waals surface area contributed by atoms with E-state index in [1.54, 1.807) is 24.0 Å². The third-order valence-electron chi connectivity index (χ3n) is 5.39. The molecule has 7 heteroatoms. The van der Waals surface area contributed by atoms with E-state index >= 15 is 0 Å². The number of carbonyl (C=O) groups excluding carboxylic acids is 3. The van der Waals surface area contributed by atoms with Gasteiger partial charge in [-0.1, -0.05) is 31.2 Å². The van der Waals surface area contributed by atoms with Crippen molar-refractivity contribution in [2.24, 2.45) is 0 Å². The molecule has 176 valence electrons. The summed E-state index contributed by atoms with van der Waals surface area (Å²) in [7, 11) is 0. The topological polar surface area (TPSA) is 84.9 Å². The zero-order valence-electron chi connectivity index (χ0n) is 19.7. The van der Waals surface area contributed by atoms with Gasteiger partial charge in [0.1, 0.15) is 5.75 Å². The van der Waals surface area contributed by atoms with Crippen LogP contribution in [0.3, 0.4) is 0 Å². The molecule has 0 aliphatic carbocycles. The molecule has 0 spiro atoms. The molecule has 1 aliphatic rings. The van der Waals surface area contributed by atoms with E-state index < -0.39 is 17.9 Å². The smallest absolute Gasteiger partial charge is 0.308 e. The van der Waals surface area contributed by atoms with Gasteiger partial charge in [-0.05, 0) is 56.5 Å². The highest BCUT2D eigenvalue weighted by Crippen LogP contribution is 2.28. The zero-order valence-corrected chi connectivity index (χ0v) is 19.7. The molecule has 0 saturated heterocycles. The summed E-state index contributed by atoms with van der Waals surface area (Å²) in [4.78, 5) is 40.2. The van der Waals surface area contributed by atoms with E-state index in [0.29, 0.717) is 30.0 Å². The van der Waals surface area contributed by atoms with Crippen LogP contribution in [0.15, 0.2) is 42.5 Å². The fourth-order valence-electron chi connectivity index (χ4n) is 3.99. The van der Waals surface area contributed by atoms with Gasteiger partial charge in [0, 0.05) is 13.1 Å². The van der Waals surface area contributed by atoms with E-state index in [2.05, 4.69) is 5.32 Å². The van der Waals surface area contributed by atoms with Crippen molar-refractivity contribution in [3.8, 4) is 5.75 Å². The van der Waals surface area contributed by atoms with E-state index in [1.165, 1.54) is 0 Å². The lowest BCUT2D eigenvalue weighted by molar-refractivity contribution is -0.143. The number of fused-ring (bicyclic) bond motifs is 1. The van der Waals surface area contributed by atoms with Gasteiger partial charge in [-0.25, -0.2) is 0 Å².